The van der Waals surface area contributed by atoms with Crippen LogP contribution in [0.3, 0.4) is 0 Å². The molecule has 0 aliphatic carbocycles. The van der Waals surface area contributed by atoms with Crippen molar-refractivity contribution in [2.24, 2.45) is 0 Å². The van der Waals surface area contributed by atoms with Gasteiger partial charge < -0.3 is 9.84 Å². The Morgan fingerprint density at radius 2 is 1.90 bits per heavy atom. The summed E-state index contributed by atoms with van der Waals surface area (Å²) in [6.07, 6.45) is 2.46. The van der Waals surface area contributed by atoms with Gasteiger partial charge in [0.25, 0.3) is 0 Å². The number of rotatable bonds is 8. The third-order valence-electron chi connectivity index (χ3n) is 2.94. The lowest BCUT2D eigenvalue weighted by Crippen LogP contribution is -2.26. The molecule has 8 heteroatoms. The van der Waals surface area contributed by atoms with Crippen LogP contribution < -0.4 is 10.0 Å². The van der Waals surface area contributed by atoms with Crippen LogP contribution >= 0.6 is 0 Å². The maximum atomic E-state index is 12.1. The highest BCUT2D eigenvalue weighted by molar-refractivity contribution is 7.89. The van der Waals surface area contributed by atoms with Gasteiger partial charge in [-0.1, -0.05) is 17.3 Å². The van der Waals surface area contributed by atoms with Gasteiger partial charge in [-0.05, 0) is 37.7 Å². The lowest BCUT2D eigenvalue weighted by molar-refractivity contribution is 0.410. The summed E-state index contributed by atoms with van der Waals surface area (Å²) in [5, 5.41) is 6.67. The lowest BCUT2D eigenvalue weighted by atomic mass is 10.1. The molecular weight excluding hydrogens is 292 g/mol. The van der Waals surface area contributed by atoms with E-state index in [1.807, 2.05) is 19.2 Å². The van der Waals surface area contributed by atoms with Crippen molar-refractivity contribution in [1.29, 1.82) is 0 Å². The summed E-state index contributed by atoms with van der Waals surface area (Å²) in [4.78, 5) is 4.08. The van der Waals surface area contributed by atoms with Crippen molar-refractivity contribution in [1.82, 2.24) is 20.2 Å². The van der Waals surface area contributed by atoms with Gasteiger partial charge in [0.2, 0.25) is 16.4 Å². The predicted octanol–water partition coefficient (Wildman–Crippen LogP) is 0.353. The zero-order valence-electron chi connectivity index (χ0n) is 11.7. The third kappa shape index (κ3) is 4.62. The minimum absolute atomic E-state index is 0.226. The Hall–Kier alpha value is -1.77. The van der Waals surface area contributed by atoms with Crippen LogP contribution in [-0.4, -0.2) is 38.7 Å². The van der Waals surface area contributed by atoms with Gasteiger partial charge in [-0.15, -0.1) is 0 Å². The maximum Gasteiger partial charge on any atom is 0.240 e. The minimum atomic E-state index is -3.50. The molecule has 2 aromatic rings. The zero-order valence-corrected chi connectivity index (χ0v) is 12.6. The van der Waals surface area contributed by atoms with E-state index in [1.165, 1.54) is 6.39 Å². The Morgan fingerprint density at radius 3 is 2.52 bits per heavy atom. The molecule has 2 N–H and O–H groups in total. The first-order chi connectivity index (χ1) is 10.1. The number of hydrogen-bond acceptors (Lipinski definition) is 6. The molecule has 0 radical (unpaired) electrons. The van der Waals surface area contributed by atoms with Gasteiger partial charge in [0.15, 0.2) is 5.82 Å². The Bertz CT molecular complexity index is 639. The average Bonchev–Trinajstić information content (AvgIpc) is 2.98. The summed E-state index contributed by atoms with van der Waals surface area (Å²) in [7, 11) is -1.62. The normalized spacial score (nSPS) is 11.7. The van der Waals surface area contributed by atoms with Crippen molar-refractivity contribution in [2.75, 3.05) is 20.1 Å². The van der Waals surface area contributed by atoms with Gasteiger partial charge in [0.1, 0.15) is 0 Å². The molecule has 0 saturated heterocycles. The van der Waals surface area contributed by atoms with E-state index in [0.717, 1.165) is 18.5 Å². The zero-order chi connectivity index (χ0) is 15.1. The molecule has 0 aliphatic rings. The van der Waals surface area contributed by atoms with E-state index >= 15 is 0 Å². The molecule has 1 heterocycles. The molecule has 0 saturated carbocycles. The van der Waals surface area contributed by atoms with Gasteiger partial charge in [-0.2, -0.15) is 4.98 Å². The van der Waals surface area contributed by atoms with Crippen molar-refractivity contribution in [3.63, 3.8) is 0 Å². The predicted molar refractivity (Wildman–Crippen MR) is 77.3 cm³/mol. The Kier molecular flexibility index (Phi) is 5.43. The van der Waals surface area contributed by atoms with Crippen molar-refractivity contribution < 1.29 is 12.9 Å². The standard InChI is InChI=1S/C13H18N4O3S/c1-14-8-6-11-2-4-12(5-3-11)21(18,19)16-9-7-13-15-10-20-17-13/h2-5,10,14,16H,6-9H2,1H3. The number of hydrogen-bond donors (Lipinski definition) is 2. The molecule has 7 nitrogen and oxygen atoms in total. The molecule has 2 rings (SSSR count). The quantitative estimate of drug-likeness (QED) is 0.730. The monoisotopic (exact) mass is 310 g/mol. The molecule has 0 aliphatic heterocycles. The number of aromatic nitrogens is 2. The number of sulfonamides is 1. The third-order valence-corrected chi connectivity index (χ3v) is 4.42. The highest BCUT2D eigenvalue weighted by Gasteiger charge is 2.13. The van der Waals surface area contributed by atoms with Crippen LogP contribution in [-0.2, 0) is 22.9 Å². The van der Waals surface area contributed by atoms with Gasteiger partial charge >= 0.3 is 0 Å². The second-order valence-electron chi connectivity index (χ2n) is 4.49. The molecule has 0 amide bonds. The van der Waals surface area contributed by atoms with Crippen LogP contribution in [0.15, 0.2) is 40.1 Å². The average molecular weight is 310 g/mol. The van der Waals surface area contributed by atoms with E-state index in [-0.39, 0.29) is 11.4 Å². The first kappa shape index (κ1) is 15.6. The maximum absolute atomic E-state index is 12.1. The number of likely N-dealkylation sites (N-methyl/N-ethyl adjacent to an activating group) is 1. The van der Waals surface area contributed by atoms with E-state index in [9.17, 15) is 8.42 Å². The summed E-state index contributed by atoms with van der Waals surface area (Å²) in [6, 6.07) is 6.87. The second-order valence-corrected chi connectivity index (χ2v) is 6.26. The van der Waals surface area contributed by atoms with Crippen LogP contribution in [0.2, 0.25) is 0 Å². The van der Waals surface area contributed by atoms with E-state index in [2.05, 4.69) is 24.7 Å². The molecule has 0 atom stereocenters. The summed E-state index contributed by atoms with van der Waals surface area (Å²) in [5.74, 6) is 0.472. The van der Waals surface area contributed by atoms with Crippen molar-refractivity contribution in [3.8, 4) is 0 Å². The summed E-state index contributed by atoms with van der Waals surface area (Å²) >= 11 is 0. The molecule has 1 aromatic carbocycles. The first-order valence-corrected chi connectivity index (χ1v) is 8.08. The highest BCUT2D eigenvalue weighted by atomic mass is 32.2. The van der Waals surface area contributed by atoms with E-state index in [1.54, 1.807) is 12.1 Å². The topological polar surface area (TPSA) is 97.1 Å². The fourth-order valence-electron chi connectivity index (χ4n) is 1.79. The summed E-state index contributed by atoms with van der Waals surface area (Å²) < 4.78 is 31.3. The molecule has 114 valence electrons. The molecule has 1 aromatic heterocycles. The molecular formula is C13H18N4O3S. The Morgan fingerprint density at radius 1 is 1.14 bits per heavy atom. The number of nitrogens with one attached hydrogen (secondary N) is 2. The summed E-state index contributed by atoms with van der Waals surface area (Å²) in [5.41, 5.74) is 1.09. The van der Waals surface area contributed by atoms with E-state index < -0.39 is 10.0 Å². The Balaban J connectivity index is 1.92. The SMILES string of the molecule is CNCCc1ccc(S(=O)(=O)NCCc2ncon2)cc1. The fourth-order valence-corrected chi connectivity index (χ4v) is 2.82. The number of nitrogens with zero attached hydrogens (tertiary/aromatic N) is 2. The van der Waals surface area contributed by atoms with Gasteiger partial charge in [-0.25, -0.2) is 13.1 Å². The summed E-state index contributed by atoms with van der Waals surface area (Å²) in [6.45, 7) is 1.08. The van der Waals surface area contributed by atoms with Crippen molar-refractivity contribution in [2.45, 2.75) is 17.7 Å². The van der Waals surface area contributed by atoms with Crippen molar-refractivity contribution >= 4 is 10.0 Å². The van der Waals surface area contributed by atoms with Crippen LogP contribution in [0, 0.1) is 0 Å². The molecule has 0 bridgehead atoms. The largest absolute Gasteiger partial charge is 0.343 e. The highest BCUT2D eigenvalue weighted by Crippen LogP contribution is 2.10. The van der Waals surface area contributed by atoms with Crippen LogP contribution in [0.25, 0.3) is 0 Å². The van der Waals surface area contributed by atoms with Gasteiger partial charge in [0, 0.05) is 13.0 Å². The van der Waals surface area contributed by atoms with Crippen LogP contribution in [0.5, 0.6) is 0 Å². The number of benzene rings is 1. The molecule has 0 unspecified atom stereocenters. The van der Waals surface area contributed by atoms with Gasteiger partial charge in [-0.3, -0.25) is 0 Å². The fraction of sp³-hybridized carbons (Fsp3) is 0.385. The first-order valence-electron chi connectivity index (χ1n) is 6.60. The minimum Gasteiger partial charge on any atom is -0.343 e. The Labute approximate surface area is 123 Å². The second kappa shape index (κ2) is 7.30. The smallest absolute Gasteiger partial charge is 0.240 e. The molecule has 21 heavy (non-hydrogen) atoms. The molecule has 0 spiro atoms. The van der Waals surface area contributed by atoms with Gasteiger partial charge in [0.05, 0.1) is 4.90 Å². The van der Waals surface area contributed by atoms with E-state index in [0.29, 0.717) is 12.2 Å². The van der Waals surface area contributed by atoms with Crippen LogP contribution in [0.1, 0.15) is 11.4 Å². The van der Waals surface area contributed by atoms with Crippen molar-refractivity contribution in [3.05, 3.63) is 42.0 Å². The molecule has 0 fully saturated rings. The van der Waals surface area contributed by atoms with Crippen LogP contribution in [0.4, 0.5) is 0 Å². The lowest BCUT2D eigenvalue weighted by Gasteiger charge is -2.07. The van der Waals surface area contributed by atoms with E-state index in [4.69, 9.17) is 0 Å².